The monoisotopic (exact) mass is 406 g/mol. The summed E-state index contributed by atoms with van der Waals surface area (Å²) in [5, 5.41) is 16.6. The third-order valence-corrected chi connectivity index (χ3v) is 4.33. The zero-order valence-electron chi connectivity index (χ0n) is 14.9. The largest absolute Gasteiger partial charge is 0.383 e. The molecule has 1 saturated heterocycles. The zero-order valence-corrected chi connectivity index (χ0v) is 15.7. The molecular weight excluding hydrogens is 388 g/mol. The van der Waals surface area contributed by atoms with E-state index in [0.29, 0.717) is 45.3 Å². The van der Waals surface area contributed by atoms with Crippen LogP contribution in [0, 0.1) is 10.1 Å². The minimum Gasteiger partial charge on any atom is -0.383 e. The van der Waals surface area contributed by atoms with Crippen molar-refractivity contribution in [2.24, 2.45) is 0 Å². The van der Waals surface area contributed by atoms with Gasteiger partial charge in [0.25, 0.3) is 11.6 Å². The Kier molecular flexibility index (Phi) is 6.56. The highest BCUT2D eigenvalue weighted by Gasteiger charge is 2.18. The fourth-order valence-corrected chi connectivity index (χ4v) is 2.78. The molecule has 0 bridgehead atoms. The van der Waals surface area contributed by atoms with Crippen LogP contribution in [-0.2, 0) is 4.74 Å². The van der Waals surface area contributed by atoms with Gasteiger partial charge >= 0.3 is 0 Å². The summed E-state index contributed by atoms with van der Waals surface area (Å²) in [6, 6.07) is 6.04. The molecule has 148 valence electrons. The normalized spacial score (nSPS) is 13.8. The summed E-state index contributed by atoms with van der Waals surface area (Å²) >= 11 is 6.08. The molecule has 1 aliphatic heterocycles. The summed E-state index contributed by atoms with van der Waals surface area (Å²) < 4.78 is 5.30. The van der Waals surface area contributed by atoms with Gasteiger partial charge in [-0.05, 0) is 12.1 Å². The van der Waals surface area contributed by atoms with Gasteiger partial charge in [-0.3, -0.25) is 14.9 Å². The third-order valence-electron chi connectivity index (χ3n) is 4.06. The first-order chi connectivity index (χ1) is 13.5. The summed E-state index contributed by atoms with van der Waals surface area (Å²) in [4.78, 5) is 33.0. The van der Waals surface area contributed by atoms with Crippen LogP contribution in [0.4, 0.5) is 17.3 Å². The Bertz CT molecular complexity index is 842. The molecule has 3 rings (SSSR count). The molecule has 11 heteroatoms. The van der Waals surface area contributed by atoms with Crippen LogP contribution in [0.25, 0.3) is 0 Å². The summed E-state index contributed by atoms with van der Waals surface area (Å²) in [6.45, 7) is 3.24. The second-order valence-corrected chi connectivity index (χ2v) is 6.36. The van der Waals surface area contributed by atoms with Crippen molar-refractivity contribution in [1.29, 1.82) is 0 Å². The number of nitrogens with zero attached hydrogens (tertiary/aromatic N) is 4. The lowest BCUT2D eigenvalue weighted by molar-refractivity contribution is -0.384. The predicted molar refractivity (Wildman–Crippen MR) is 104 cm³/mol. The molecule has 10 nitrogen and oxygen atoms in total. The van der Waals surface area contributed by atoms with Gasteiger partial charge in [0.15, 0.2) is 5.69 Å². The van der Waals surface area contributed by atoms with E-state index in [-0.39, 0.29) is 16.4 Å². The number of benzene rings is 1. The number of nitrogens with one attached hydrogen (secondary N) is 2. The smallest absolute Gasteiger partial charge is 0.271 e. The number of ether oxygens (including phenoxy) is 1. The van der Waals surface area contributed by atoms with E-state index in [2.05, 4.69) is 20.6 Å². The number of non-ortho nitro benzene ring substituents is 1. The molecule has 1 aromatic heterocycles. The van der Waals surface area contributed by atoms with Crippen LogP contribution < -0.4 is 15.5 Å². The highest BCUT2D eigenvalue weighted by molar-refractivity contribution is 6.33. The molecule has 2 aromatic rings. The Morgan fingerprint density at radius 2 is 1.96 bits per heavy atom. The third kappa shape index (κ3) is 5.05. The van der Waals surface area contributed by atoms with Crippen molar-refractivity contribution in [2.75, 3.05) is 49.6 Å². The number of nitro benzene ring substituents is 1. The number of halogens is 1. The summed E-state index contributed by atoms with van der Waals surface area (Å²) in [6.07, 6.45) is 1.42. The number of aromatic nitrogens is 2. The van der Waals surface area contributed by atoms with Crippen molar-refractivity contribution in [3.63, 3.8) is 0 Å². The zero-order chi connectivity index (χ0) is 19.9. The Morgan fingerprint density at radius 1 is 1.25 bits per heavy atom. The minimum atomic E-state index is -0.458. The molecule has 2 N–H and O–H groups in total. The Balaban J connectivity index is 1.52. The fourth-order valence-electron chi connectivity index (χ4n) is 2.60. The number of carbonyl (C=O) groups excluding carboxylic acids is 1. The Labute approximate surface area is 166 Å². The maximum Gasteiger partial charge on any atom is 0.271 e. The van der Waals surface area contributed by atoms with E-state index in [1.807, 2.05) is 4.90 Å². The summed E-state index contributed by atoms with van der Waals surface area (Å²) in [5.74, 6) is 0.0502. The van der Waals surface area contributed by atoms with Crippen molar-refractivity contribution in [3.05, 3.63) is 51.3 Å². The molecular formula is C17H19ClN6O4. The Morgan fingerprint density at radius 3 is 2.64 bits per heavy atom. The maximum atomic E-state index is 12.4. The topological polar surface area (TPSA) is 123 Å². The SMILES string of the molecule is O=C(NCCNc1ccc([N+](=O)[O-])cc1)c1nc(N2CCOCC2)ncc1Cl. The second kappa shape index (κ2) is 9.29. The molecule has 2 heterocycles. The van der Waals surface area contributed by atoms with Crippen LogP contribution in [-0.4, -0.2) is 60.2 Å². The first-order valence-corrected chi connectivity index (χ1v) is 9.04. The fraction of sp³-hybridized carbons (Fsp3) is 0.353. The van der Waals surface area contributed by atoms with Crippen molar-refractivity contribution in [1.82, 2.24) is 15.3 Å². The van der Waals surface area contributed by atoms with Crippen molar-refractivity contribution >= 4 is 34.8 Å². The van der Waals surface area contributed by atoms with Crippen LogP contribution in [0.2, 0.25) is 5.02 Å². The van der Waals surface area contributed by atoms with Gasteiger partial charge in [-0.15, -0.1) is 0 Å². The van der Waals surface area contributed by atoms with Crippen molar-refractivity contribution < 1.29 is 14.5 Å². The van der Waals surface area contributed by atoms with Crippen LogP contribution in [0.5, 0.6) is 0 Å². The van der Waals surface area contributed by atoms with E-state index in [9.17, 15) is 14.9 Å². The van der Waals surface area contributed by atoms with Gasteiger partial charge < -0.3 is 20.3 Å². The van der Waals surface area contributed by atoms with E-state index >= 15 is 0 Å². The molecule has 0 spiro atoms. The van der Waals surface area contributed by atoms with Crippen LogP contribution >= 0.6 is 11.6 Å². The second-order valence-electron chi connectivity index (χ2n) is 5.95. The number of nitro groups is 1. The van der Waals surface area contributed by atoms with E-state index in [4.69, 9.17) is 16.3 Å². The average Bonchev–Trinajstić information content (AvgIpc) is 2.72. The first-order valence-electron chi connectivity index (χ1n) is 8.66. The summed E-state index contributed by atoms with van der Waals surface area (Å²) in [7, 11) is 0. The molecule has 0 atom stereocenters. The number of rotatable bonds is 7. The molecule has 28 heavy (non-hydrogen) atoms. The van der Waals surface area contributed by atoms with Gasteiger partial charge in [0.2, 0.25) is 5.95 Å². The van der Waals surface area contributed by atoms with Crippen LogP contribution in [0.15, 0.2) is 30.5 Å². The molecule has 0 radical (unpaired) electrons. The molecule has 1 amide bonds. The van der Waals surface area contributed by atoms with Gasteiger partial charge in [0.1, 0.15) is 0 Å². The number of anilines is 2. The molecule has 1 fully saturated rings. The molecule has 1 aliphatic rings. The molecule has 0 unspecified atom stereocenters. The van der Waals surface area contributed by atoms with E-state index in [0.717, 1.165) is 5.69 Å². The number of morpholine rings is 1. The Hall–Kier alpha value is -2.98. The van der Waals surface area contributed by atoms with Gasteiger partial charge in [-0.1, -0.05) is 11.6 Å². The lowest BCUT2D eigenvalue weighted by atomic mass is 10.3. The average molecular weight is 407 g/mol. The van der Waals surface area contributed by atoms with Gasteiger partial charge in [0.05, 0.1) is 29.4 Å². The number of hydrogen-bond acceptors (Lipinski definition) is 8. The minimum absolute atomic E-state index is 0.0216. The van der Waals surface area contributed by atoms with Gasteiger partial charge in [-0.2, -0.15) is 0 Å². The van der Waals surface area contributed by atoms with E-state index < -0.39 is 10.8 Å². The lowest BCUT2D eigenvalue weighted by Gasteiger charge is -2.26. The van der Waals surface area contributed by atoms with Crippen molar-refractivity contribution in [2.45, 2.75) is 0 Å². The maximum absolute atomic E-state index is 12.4. The van der Waals surface area contributed by atoms with Crippen molar-refractivity contribution in [3.8, 4) is 0 Å². The van der Waals surface area contributed by atoms with Crippen LogP contribution in [0.1, 0.15) is 10.5 Å². The van der Waals surface area contributed by atoms with E-state index in [1.54, 1.807) is 12.1 Å². The number of hydrogen-bond donors (Lipinski definition) is 2. The summed E-state index contributed by atoms with van der Waals surface area (Å²) in [5.41, 5.74) is 0.858. The lowest BCUT2D eigenvalue weighted by Crippen LogP contribution is -2.38. The number of carbonyl (C=O) groups is 1. The highest BCUT2D eigenvalue weighted by Crippen LogP contribution is 2.17. The standard InChI is InChI=1S/C17H19ClN6O4/c18-14-11-21-17(23-7-9-28-10-8-23)22-15(14)16(25)20-6-5-19-12-1-3-13(4-2-12)24(26)27/h1-4,11,19H,5-10H2,(H,20,25). The molecule has 0 saturated carbocycles. The molecule has 1 aromatic carbocycles. The predicted octanol–water partition coefficient (Wildman–Crippen LogP) is 1.72. The quantitative estimate of drug-likeness (QED) is 0.405. The van der Waals surface area contributed by atoms with E-state index in [1.165, 1.54) is 18.3 Å². The first kappa shape index (κ1) is 19.8. The van der Waals surface area contributed by atoms with Crippen LogP contribution in [0.3, 0.4) is 0 Å². The van der Waals surface area contributed by atoms with Gasteiger partial charge in [-0.25, -0.2) is 9.97 Å². The molecule has 0 aliphatic carbocycles. The number of amides is 1. The highest BCUT2D eigenvalue weighted by atomic mass is 35.5. The van der Waals surface area contributed by atoms with Gasteiger partial charge in [0, 0.05) is 44.0 Å².